The first-order valence-corrected chi connectivity index (χ1v) is 4.71. The first kappa shape index (κ1) is 9.68. The van der Waals surface area contributed by atoms with E-state index >= 15 is 0 Å². The number of aromatic nitrogens is 1. The lowest BCUT2D eigenvalue weighted by Crippen LogP contribution is -1.91. The molecular formula is C12H12N2O. The third kappa shape index (κ3) is 1.97. The van der Waals surface area contributed by atoms with Gasteiger partial charge in [0.2, 0.25) is 0 Å². The van der Waals surface area contributed by atoms with Crippen molar-refractivity contribution in [1.82, 2.24) is 4.98 Å². The lowest BCUT2D eigenvalue weighted by Gasteiger charge is -2.06. The van der Waals surface area contributed by atoms with Crippen LogP contribution in [-0.4, -0.2) is 10.1 Å². The number of aliphatic hydroxyl groups is 1. The predicted octanol–water partition coefficient (Wildman–Crippen LogP) is 1.82. The van der Waals surface area contributed by atoms with Crippen LogP contribution in [-0.2, 0) is 6.61 Å². The van der Waals surface area contributed by atoms with Crippen LogP contribution < -0.4 is 5.73 Å². The summed E-state index contributed by atoms with van der Waals surface area (Å²) in [6.07, 6.45) is 3.39. The normalized spacial score (nSPS) is 10.2. The zero-order chi connectivity index (χ0) is 10.7. The summed E-state index contributed by atoms with van der Waals surface area (Å²) in [7, 11) is 0. The van der Waals surface area contributed by atoms with Crippen LogP contribution in [0.2, 0.25) is 0 Å². The quantitative estimate of drug-likeness (QED) is 0.727. The molecule has 3 N–H and O–H groups in total. The second-order valence-corrected chi connectivity index (χ2v) is 3.31. The molecule has 0 aliphatic heterocycles. The minimum atomic E-state index is -0.00640. The predicted molar refractivity (Wildman–Crippen MR) is 60.0 cm³/mol. The molecule has 3 nitrogen and oxygen atoms in total. The highest BCUT2D eigenvalue weighted by Crippen LogP contribution is 2.23. The number of anilines is 1. The summed E-state index contributed by atoms with van der Waals surface area (Å²) >= 11 is 0. The number of hydrogen-bond donors (Lipinski definition) is 2. The first-order valence-electron chi connectivity index (χ1n) is 4.71. The molecule has 3 heteroatoms. The Labute approximate surface area is 88.2 Å². The van der Waals surface area contributed by atoms with Gasteiger partial charge in [-0.15, -0.1) is 0 Å². The zero-order valence-electron chi connectivity index (χ0n) is 8.22. The Morgan fingerprint density at radius 3 is 2.53 bits per heavy atom. The lowest BCUT2D eigenvalue weighted by molar-refractivity contribution is 0.282. The van der Waals surface area contributed by atoms with Crippen LogP contribution >= 0.6 is 0 Å². The maximum absolute atomic E-state index is 9.17. The highest BCUT2D eigenvalue weighted by Gasteiger charge is 2.03. The fourth-order valence-corrected chi connectivity index (χ4v) is 1.50. The summed E-state index contributed by atoms with van der Waals surface area (Å²) in [5.41, 5.74) is 9.20. The van der Waals surface area contributed by atoms with E-state index in [0.717, 1.165) is 22.4 Å². The van der Waals surface area contributed by atoms with E-state index in [1.165, 1.54) is 0 Å². The Kier molecular flexibility index (Phi) is 2.65. The van der Waals surface area contributed by atoms with E-state index in [-0.39, 0.29) is 6.61 Å². The van der Waals surface area contributed by atoms with E-state index in [1.807, 2.05) is 30.3 Å². The van der Waals surface area contributed by atoms with E-state index in [4.69, 9.17) is 10.8 Å². The van der Waals surface area contributed by atoms with Gasteiger partial charge in [0.05, 0.1) is 6.61 Å². The third-order valence-corrected chi connectivity index (χ3v) is 2.30. The van der Waals surface area contributed by atoms with Crippen LogP contribution in [0.3, 0.4) is 0 Å². The van der Waals surface area contributed by atoms with E-state index in [9.17, 15) is 0 Å². The summed E-state index contributed by atoms with van der Waals surface area (Å²) in [6.45, 7) is -0.00640. The zero-order valence-corrected chi connectivity index (χ0v) is 8.22. The molecule has 0 saturated carbocycles. The van der Waals surface area contributed by atoms with Crippen molar-refractivity contribution >= 4 is 5.69 Å². The Balaban J connectivity index is 2.49. The van der Waals surface area contributed by atoms with Gasteiger partial charge in [-0.05, 0) is 29.3 Å². The Bertz CT molecular complexity index is 451. The van der Waals surface area contributed by atoms with Gasteiger partial charge in [-0.25, -0.2) is 0 Å². The number of pyridine rings is 1. The molecule has 0 atom stereocenters. The fraction of sp³-hybridized carbons (Fsp3) is 0.0833. The van der Waals surface area contributed by atoms with E-state index < -0.39 is 0 Å². The van der Waals surface area contributed by atoms with Crippen molar-refractivity contribution in [3.8, 4) is 11.1 Å². The molecule has 15 heavy (non-hydrogen) atoms. The first-order chi connectivity index (χ1) is 7.31. The molecule has 1 aromatic heterocycles. The van der Waals surface area contributed by atoms with Crippen molar-refractivity contribution < 1.29 is 5.11 Å². The van der Waals surface area contributed by atoms with E-state index in [1.54, 1.807) is 12.4 Å². The van der Waals surface area contributed by atoms with Crippen LogP contribution in [0.4, 0.5) is 5.69 Å². The van der Waals surface area contributed by atoms with Crippen LogP contribution in [0.15, 0.2) is 42.7 Å². The summed E-state index contributed by atoms with van der Waals surface area (Å²) in [5, 5.41) is 9.17. The Morgan fingerprint density at radius 2 is 1.87 bits per heavy atom. The number of hydrogen-bond acceptors (Lipinski definition) is 3. The van der Waals surface area contributed by atoms with Crippen LogP contribution in [0.25, 0.3) is 11.1 Å². The molecule has 1 heterocycles. The van der Waals surface area contributed by atoms with Gasteiger partial charge in [0, 0.05) is 23.6 Å². The largest absolute Gasteiger partial charge is 0.399 e. The number of nitrogens with two attached hydrogens (primary N) is 1. The van der Waals surface area contributed by atoms with Gasteiger partial charge in [-0.3, -0.25) is 4.98 Å². The third-order valence-electron chi connectivity index (χ3n) is 2.30. The number of nitrogens with zero attached hydrogens (tertiary/aromatic N) is 1. The monoisotopic (exact) mass is 200 g/mol. The number of nitrogen functional groups attached to an aromatic ring is 1. The average molecular weight is 200 g/mol. The molecule has 1 aromatic carbocycles. The summed E-state index contributed by atoms with van der Waals surface area (Å²) in [5.74, 6) is 0. The number of rotatable bonds is 2. The molecule has 0 spiro atoms. The molecule has 0 saturated heterocycles. The molecule has 76 valence electrons. The topological polar surface area (TPSA) is 59.1 Å². The second-order valence-electron chi connectivity index (χ2n) is 3.31. The van der Waals surface area contributed by atoms with Gasteiger partial charge in [0.25, 0.3) is 0 Å². The molecular weight excluding hydrogens is 188 g/mol. The van der Waals surface area contributed by atoms with Crippen LogP contribution in [0.1, 0.15) is 5.56 Å². The summed E-state index contributed by atoms with van der Waals surface area (Å²) < 4.78 is 0. The van der Waals surface area contributed by atoms with Gasteiger partial charge >= 0.3 is 0 Å². The molecule has 0 aliphatic carbocycles. The highest BCUT2D eigenvalue weighted by atomic mass is 16.3. The lowest BCUT2D eigenvalue weighted by atomic mass is 10.0. The maximum Gasteiger partial charge on any atom is 0.0702 e. The molecule has 0 radical (unpaired) electrons. The fourth-order valence-electron chi connectivity index (χ4n) is 1.50. The van der Waals surface area contributed by atoms with Crippen molar-refractivity contribution in [1.29, 1.82) is 0 Å². The smallest absolute Gasteiger partial charge is 0.0702 e. The Morgan fingerprint density at radius 1 is 1.13 bits per heavy atom. The van der Waals surface area contributed by atoms with Crippen molar-refractivity contribution in [3.63, 3.8) is 0 Å². The molecule has 2 aromatic rings. The highest BCUT2D eigenvalue weighted by molar-refractivity contribution is 5.68. The minimum absolute atomic E-state index is 0.00640. The van der Waals surface area contributed by atoms with E-state index in [2.05, 4.69) is 4.98 Å². The Hall–Kier alpha value is -1.87. The van der Waals surface area contributed by atoms with Crippen molar-refractivity contribution in [2.75, 3.05) is 5.73 Å². The van der Waals surface area contributed by atoms with Gasteiger partial charge in [0.1, 0.15) is 0 Å². The molecule has 0 aliphatic rings. The van der Waals surface area contributed by atoms with Crippen molar-refractivity contribution in [2.24, 2.45) is 0 Å². The van der Waals surface area contributed by atoms with Gasteiger partial charge in [-0.2, -0.15) is 0 Å². The second kappa shape index (κ2) is 4.11. The van der Waals surface area contributed by atoms with Crippen molar-refractivity contribution in [2.45, 2.75) is 6.61 Å². The molecule has 0 unspecified atom stereocenters. The van der Waals surface area contributed by atoms with Crippen LogP contribution in [0, 0.1) is 0 Å². The average Bonchev–Trinajstić information content (AvgIpc) is 2.30. The van der Waals surface area contributed by atoms with Gasteiger partial charge < -0.3 is 10.8 Å². The van der Waals surface area contributed by atoms with Crippen LogP contribution in [0.5, 0.6) is 0 Å². The number of aliphatic hydroxyl groups excluding tert-OH is 1. The summed E-state index contributed by atoms with van der Waals surface area (Å²) in [6, 6.07) is 9.44. The standard InChI is InChI=1S/C12H12N2O/c13-11-3-1-9(2-4-11)12-5-6-14-7-10(12)8-15/h1-7,15H,8,13H2. The minimum Gasteiger partial charge on any atom is -0.399 e. The molecule has 0 amide bonds. The molecule has 0 fully saturated rings. The molecule has 2 rings (SSSR count). The number of benzene rings is 1. The maximum atomic E-state index is 9.17. The van der Waals surface area contributed by atoms with Gasteiger partial charge in [0.15, 0.2) is 0 Å². The van der Waals surface area contributed by atoms with Crippen molar-refractivity contribution in [3.05, 3.63) is 48.3 Å². The van der Waals surface area contributed by atoms with Gasteiger partial charge in [-0.1, -0.05) is 12.1 Å². The molecule has 0 bridgehead atoms. The van der Waals surface area contributed by atoms with E-state index in [0.29, 0.717) is 0 Å². The summed E-state index contributed by atoms with van der Waals surface area (Å²) in [4.78, 5) is 3.97. The SMILES string of the molecule is Nc1ccc(-c2ccncc2CO)cc1.